The largest absolute Gasteiger partial charge is 0.335 e. The van der Waals surface area contributed by atoms with E-state index in [2.05, 4.69) is 48.3 Å². The van der Waals surface area contributed by atoms with Gasteiger partial charge in [-0.25, -0.2) is 0 Å². The van der Waals surface area contributed by atoms with Gasteiger partial charge in [0, 0.05) is 6.08 Å². The third kappa shape index (κ3) is 3.82. The quantitative estimate of drug-likeness (QED) is 0.896. The van der Waals surface area contributed by atoms with Crippen LogP contribution in [0.2, 0.25) is 0 Å². The van der Waals surface area contributed by atoms with Gasteiger partial charge in [0.15, 0.2) is 5.82 Å². The van der Waals surface area contributed by atoms with Crippen LogP contribution >= 0.6 is 12.4 Å². The van der Waals surface area contributed by atoms with E-state index in [1.165, 1.54) is 16.7 Å². The van der Waals surface area contributed by atoms with Gasteiger partial charge in [0.2, 0.25) is 0 Å². The molecule has 2 aromatic rings. The molecule has 0 saturated heterocycles. The molecule has 23 heavy (non-hydrogen) atoms. The van der Waals surface area contributed by atoms with E-state index in [-0.39, 0.29) is 12.4 Å². The van der Waals surface area contributed by atoms with Gasteiger partial charge in [-0.05, 0) is 37.3 Å². The molecule has 2 N–H and O–H groups in total. The van der Waals surface area contributed by atoms with Crippen molar-refractivity contribution in [3.63, 3.8) is 0 Å². The zero-order valence-corrected chi connectivity index (χ0v) is 14.5. The maximum Gasteiger partial charge on any atom is 0.250 e. The second-order valence-corrected chi connectivity index (χ2v) is 6.21. The van der Waals surface area contributed by atoms with Crippen LogP contribution in [-0.2, 0) is 5.54 Å². The van der Waals surface area contributed by atoms with E-state index in [4.69, 9.17) is 10.3 Å². The molecule has 0 bridgehead atoms. The highest BCUT2D eigenvalue weighted by Crippen LogP contribution is 2.34. The van der Waals surface area contributed by atoms with Crippen molar-refractivity contribution in [2.45, 2.75) is 51.5 Å². The predicted molar refractivity (Wildman–Crippen MR) is 95.2 cm³/mol. The number of allylic oxidation sites excluding steroid dienone is 1. The molecule has 1 heterocycles. The third-order valence-electron chi connectivity index (χ3n) is 4.48. The van der Waals surface area contributed by atoms with Crippen LogP contribution in [0.4, 0.5) is 0 Å². The first-order valence-corrected chi connectivity index (χ1v) is 8.01. The highest BCUT2D eigenvalue weighted by molar-refractivity contribution is 5.85. The number of hydrogen-bond acceptors (Lipinski definition) is 4. The molecule has 1 aromatic carbocycles. The van der Waals surface area contributed by atoms with Crippen LogP contribution in [0, 0.1) is 6.92 Å². The van der Waals surface area contributed by atoms with Crippen LogP contribution < -0.4 is 5.73 Å². The van der Waals surface area contributed by atoms with Crippen LogP contribution in [0.15, 0.2) is 28.8 Å². The van der Waals surface area contributed by atoms with Crippen LogP contribution in [0.3, 0.4) is 0 Å². The molecule has 3 rings (SSSR count). The third-order valence-corrected chi connectivity index (χ3v) is 4.48. The van der Waals surface area contributed by atoms with Crippen molar-refractivity contribution in [1.82, 2.24) is 10.1 Å². The molecule has 0 radical (unpaired) electrons. The number of rotatable bonds is 4. The predicted octanol–water partition coefficient (Wildman–Crippen LogP) is 4.48. The fraction of sp³-hybridized carbons (Fsp3) is 0.444. The fourth-order valence-corrected chi connectivity index (χ4v) is 3.03. The fourth-order valence-electron chi connectivity index (χ4n) is 3.03. The molecule has 0 unspecified atom stereocenters. The molecule has 1 aromatic heterocycles. The molecule has 1 aliphatic rings. The van der Waals surface area contributed by atoms with Crippen molar-refractivity contribution in [2.24, 2.45) is 5.73 Å². The Balaban J connectivity index is 0.00000192. The van der Waals surface area contributed by atoms with E-state index in [1.54, 1.807) is 0 Å². The smallest absolute Gasteiger partial charge is 0.250 e. The first kappa shape index (κ1) is 17.7. The monoisotopic (exact) mass is 333 g/mol. The number of halogens is 1. The summed E-state index contributed by atoms with van der Waals surface area (Å²) >= 11 is 0. The maximum absolute atomic E-state index is 6.38. The van der Waals surface area contributed by atoms with Crippen molar-refractivity contribution in [1.29, 1.82) is 0 Å². The van der Waals surface area contributed by atoms with Gasteiger partial charge in [-0.2, -0.15) is 4.98 Å². The van der Waals surface area contributed by atoms with E-state index in [0.717, 1.165) is 32.1 Å². The Hall–Kier alpha value is -1.65. The SMILES string of the molecule is CC/C(=C/c1nc(C2(N)CCCC2)no1)c1ccc(C)cc1.Cl. The van der Waals surface area contributed by atoms with Gasteiger partial charge in [0.1, 0.15) is 0 Å². The average Bonchev–Trinajstić information content (AvgIpc) is 3.16. The standard InChI is InChI=1S/C18H23N3O.ClH/c1-3-14(15-8-6-13(2)7-9-15)12-16-20-17(21-22-16)18(19)10-4-5-11-18;/h6-9,12H,3-5,10-11,19H2,1-2H3;1H/b14-12-;. The van der Waals surface area contributed by atoms with E-state index in [1.807, 2.05) is 6.08 Å². The topological polar surface area (TPSA) is 64.9 Å². The van der Waals surface area contributed by atoms with Crippen molar-refractivity contribution < 1.29 is 4.52 Å². The Morgan fingerprint density at radius 2 is 1.91 bits per heavy atom. The van der Waals surface area contributed by atoms with E-state index < -0.39 is 5.54 Å². The highest BCUT2D eigenvalue weighted by atomic mass is 35.5. The first-order chi connectivity index (χ1) is 10.6. The Kier molecular flexibility index (Phi) is 5.60. The highest BCUT2D eigenvalue weighted by Gasteiger charge is 2.35. The summed E-state index contributed by atoms with van der Waals surface area (Å²) in [5.41, 5.74) is 9.62. The van der Waals surface area contributed by atoms with Gasteiger partial charge < -0.3 is 10.3 Å². The Morgan fingerprint density at radius 3 is 2.52 bits per heavy atom. The summed E-state index contributed by atoms with van der Waals surface area (Å²) in [5, 5.41) is 4.11. The Labute approximate surface area is 143 Å². The lowest BCUT2D eigenvalue weighted by atomic mass is 9.98. The van der Waals surface area contributed by atoms with Crippen molar-refractivity contribution in [3.8, 4) is 0 Å². The first-order valence-electron chi connectivity index (χ1n) is 8.01. The van der Waals surface area contributed by atoms with Gasteiger partial charge in [0.05, 0.1) is 5.54 Å². The minimum atomic E-state index is -0.397. The lowest BCUT2D eigenvalue weighted by Crippen LogP contribution is -2.34. The lowest BCUT2D eigenvalue weighted by Gasteiger charge is -2.17. The number of aryl methyl sites for hydroxylation is 1. The summed E-state index contributed by atoms with van der Waals surface area (Å²) < 4.78 is 5.40. The summed E-state index contributed by atoms with van der Waals surface area (Å²) in [4.78, 5) is 4.52. The van der Waals surface area contributed by atoms with Gasteiger partial charge in [-0.3, -0.25) is 0 Å². The summed E-state index contributed by atoms with van der Waals surface area (Å²) in [6.45, 7) is 4.22. The van der Waals surface area contributed by atoms with Crippen LogP contribution in [0.5, 0.6) is 0 Å². The minimum Gasteiger partial charge on any atom is -0.335 e. The van der Waals surface area contributed by atoms with Gasteiger partial charge >= 0.3 is 0 Å². The van der Waals surface area contributed by atoms with Crippen molar-refractivity contribution in [2.75, 3.05) is 0 Å². The molecule has 1 fully saturated rings. The van der Waals surface area contributed by atoms with Gasteiger partial charge in [-0.1, -0.05) is 54.8 Å². The molecule has 0 amide bonds. The van der Waals surface area contributed by atoms with Crippen LogP contribution in [0.1, 0.15) is 61.9 Å². The number of hydrogen-bond donors (Lipinski definition) is 1. The van der Waals surface area contributed by atoms with Crippen molar-refractivity contribution >= 4 is 24.1 Å². The lowest BCUT2D eigenvalue weighted by molar-refractivity contribution is 0.364. The second-order valence-electron chi connectivity index (χ2n) is 6.21. The maximum atomic E-state index is 6.38. The molecule has 1 saturated carbocycles. The molecule has 0 atom stereocenters. The van der Waals surface area contributed by atoms with E-state index in [9.17, 15) is 0 Å². The summed E-state index contributed by atoms with van der Waals surface area (Å²) in [6.07, 6.45) is 7.04. The second kappa shape index (κ2) is 7.28. The molecular weight excluding hydrogens is 310 g/mol. The number of nitrogens with zero attached hydrogens (tertiary/aromatic N) is 2. The van der Waals surface area contributed by atoms with E-state index >= 15 is 0 Å². The molecular formula is C18H24ClN3O. The molecule has 124 valence electrons. The summed E-state index contributed by atoms with van der Waals surface area (Å²) in [5.74, 6) is 1.19. The van der Waals surface area contributed by atoms with E-state index in [0.29, 0.717) is 11.7 Å². The average molecular weight is 334 g/mol. The molecule has 1 aliphatic carbocycles. The zero-order valence-electron chi connectivity index (χ0n) is 13.7. The molecule has 4 nitrogen and oxygen atoms in total. The normalized spacial score (nSPS) is 17.1. The number of aromatic nitrogens is 2. The zero-order chi connectivity index (χ0) is 15.6. The Bertz CT molecular complexity index is 670. The molecule has 0 spiro atoms. The molecule has 0 aliphatic heterocycles. The van der Waals surface area contributed by atoms with Crippen LogP contribution in [0.25, 0.3) is 11.6 Å². The van der Waals surface area contributed by atoms with Gasteiger partial charge in [0.25, 0.3) is 5.89 Å². The van der Waals surface area contributed by atoms with Crippen molar-refractivity contribution in [3.05, 3.63) is 47.1 Å². The Morgan fingerprint density at radius 1 is 1.26 bits per heavy atom. The summed E-state index contributed by atoms with van der Waals surface area (Å²) in [6, 6.07) is 8.49. The minimum absolute atomic E-state index is 0. The number of benzene rings is 1. The van der Waals surface area contributed by atoms with Crippen LogP contribution in [-0.4, -0.2) is 10.1 Å². The van der Waals surface area contributed by atoms with Gasteiger partial charge in [-0.15, -0.1) is 12.4 Å². The molecule has 5 heteroatoms. The number of nitrogens with two attached hydrogens (primary N) is 1. The summed E-state index contributed by atoms with van der Waals surface area (Å²) in [7, 11) is 0.